The summed E-state index contributed by atoms with van der Waals surface area (Å²) in [5.41, 5.74) is 2.51. The Bertz CT molecular complexity index is 1040. The van der Waals surface area contributed by atoms with E-state index in [4.69, 9.17) is 0 Å². The molecule has 0 aromatic heterocycles. The summed E-state index contributed by atoms with van der Waals surface area (Å²) < 4.78 is 0. The monoisotopic (exact) mass is 360 g/mol. The molecular formula is C21H16N2O4. The number of carbonyl (C=O) groups excluding carboxylic acids is 2. The van der Waals surface area contributed by atoms with Crippen molar-refractivity contribution in [3.8, 4) is 0 Å². The predicted molar refractivity (Wildman–Crippen MR) is 102 cm³/mol. The Morgan fingerprint density at radius 2 is 1.52 bits per heavy atom. The van der Waals surface area contributed by atoms with Crippen LogP contribution in [-0.2, 0) is 4.79 Å². The number of hydrogen-bond donors (Lipinski definition) is 2. The molecule has 0 unspecified atom stereocenters. The highest BCUT2D eigenvalue weighted by molar-refractivity contribution is 6.40. The lowest BCUT2D eigenvalue weighted by atomic mass is 9.98. The van der Waals surface area contributed by atoms with Crippen LogP contribution in [0.5, 0.6) is 0 Å². The van der Waals surface area contributed by atoms with Crippen molar-refractivity contribution in [2.75, 3.05) is 0 Å². The number of carbonyl (C=O) groups is 3. The summed E-state index contributed by atoms with van der Waals surface area (Å²) in [5, 5.41) is 14.6. The number of aliphatic carboxylic acids is 1. The maximum absolute atomic E-state index is 12.6. The van der Waals surface area contributed by atoms with E-state index < -0.39 is 24.0 Å². The van der Waals surface area contributed by atoms with Gasteiger partial charge in [-0.15, -0.1) is 0 Å². The molecule has 0 heterocycles. The summed E-state index contributed by atoms with van der Waals surface area (Å²) in [7, 11) is 0. The highest BCUT2D eigenvalue weighted by Gasteiger charge is 2.18. The second-order valence-corrected chi connectivity index (χ2v) is 5.80. The fourth-order valence-electron chi connectivity index (χ4n) is 2.65. The first-order valence-electron chi connectivity index (χ1n) is 8.22. The van der Waals surface area contributed by atoms with Crippen LogP contribution in [0.15, 0.2) is 77.9 Å². The second kappa shape index (κ2) is 8.05. The van der Waals surface area contributed by atoms with Gasteiger partial charge in [0.05, 0.1) is 6.42 Å². The Kier molecular flexibility index (Phi) is 5.37. The van der Waals surface area contributed by atoms with Gasteiger partial charge in [-0.1, -0.05) is 60.7 Å². The van der Waals surface area contributed by atoms with Crippen LogP contribution in [0.25, 0.3) is 10.8 Å². The van der Waals surface area contributed by atoms with Crippen molar-refractivity contribution in [3.63, 3.8) is 0 Å². The van der Waals surface area contributed by atoms with E-state index in [1.54, 1.807) is 48.5 Å². The molecule has 3 aromatic rings. The van der Waals surface area contributed by atoms with Gasteiger partial charge in [0, 0.05) is 11.1 Å². The topological polar surface area (TPSA) is 95.8 Å². The lowest BCUT2D eigenvalue weighted by molar-refractivity contribution is -0.129. The molecule has 0 saturated carbocycles. The molecule has 134 valence electrons. The summed E-state index contributed by atoms with van der Waals surface area (Å²) >= 11 is 0. The highest BCUT2D eigenvalue weighted by Crippen LogP contribution is 2.20. The molecule has 1 amide bonds. The van der Waals surface area contributed by atoms with Gasteiger partial charge in [-0.2, -0.15) is 5.10 Å². The molecule has 0 spiro atoms. The Balaban J connectivity index is 1.80. The lowest BCUT2D eigenvalue weighted by Crippen LogP contribution is -2.25. The number of nitrogens with zero attached hydrogens (tertiary/aromatic N) is 1. The van der Waals surface area contributed by atoms with E-state index in [9.17, 15) is 19.5 Å². The number of benzene rings is 3. The normalized spacial score (nSPS) is 11.2. The second-order valence-electron chi connectivity index (χ2n) is 5.80. The van der Waals surface area contributed by atoms with Crippen LogP contribution in [-0.4, -0.2) is 28.5 Å². The van der Waals surface area contributed by atoms with Gasteiger partial charge < -0.3 is 5.11 Å². The lowest BCUT2D eigenvalue weighted by Gasteiger charge is -2.06. The van der Waals surface area contributed by atoms with Gasteiger partial charge in [0.25, 0.3) is 5.91 Å². The van der Waals surface area contributed by atoms with Crippen molar-refractivity contribution in [1.82, 2.24) is 5.43 Å². The standard InChI is InChI=1S/C21H16N2O4/c24-19(17-12-6-10-14-7-4-5-11-16(14)17)13-18(21(26)27)22-23-20(25)15-8-2-1-3-9-15/h1-12H,13H2,(H,23,25)(H,26,27). The van der Waals surface area contributed by atoms with Crippen LogP contribution in [0.3, 0.4) is 0 Å². The van der Waals surface area contributed by atoms with Crippen LogP contribution in [0.4, 0.5) is 0 Å². The fraction of sp³-hybridized carbons (Fsp3) is 0.0476. The molecule has 0 aliphatic heterocycles. The molecule has 3 aromatic carbocycles. The molecule has 0 aliphatic rings. The van der Waals surface area contributed by atoms with Gasteiger partial charge in [-0.05, 0) is 22.9 Å². The van der Waals surface area contributed by atoms with Crippen LogP contribution in [0.1, 0.15) is 27.1 Å². The van der Waals surface area contributed by atoms with Crippen LogP contribution >= 0.6 is 0 Å². The molecule has 0 aliphatic carbocycles. The van der Waals surface area contributed by atoms with E-state index in [1.165, 1.54) is 0 Å². The maximum Gasteiger partial charge on any atom is 0.352 e. The van der Waals surface area contributed by atoms with E-state index in [0.717, 1.165) is 10.8 Å². The average Bonchev–Trinajstić information content (AvgIpc) is 2.70. The first-order chi connectivity index (χ1) is 13.1. The van der Waals surface area contributed by atoms with E-state index in [2.05, 4.69) is 10.5 Å². The summed E-state index contributed by atoms with van der Waals surface area (Å²) in [6, 6.07) is 20.9. The molecule has 0 fully saturated rings. The van der Waals surface area contributed by atoms with Gasteiger partial charge in [-0.3, -0.25) is 9.59 Å². The Morgan fingerprint density at radius 1 is 0.852 bits per heavy atom. The fourth-order valence-corrected chi connectivity index (χ4v) is 2.65. The third-order valence-corrected chi connectivity index (χ3v) is 3.99. The quantitative estimate of drug-likeness (QED) is 0.400. The molecule has 6 heteroatoms. The smallest absolute Gasteiger partial charge is 0.352 e. The van der Waals surface area contributed by atoms with E-state index in [1.807, 2.05) is 24.3 Å². The van der Waals surface area contributed by atoms with Gasteiger partial charge >= 0.3 is 5.97 Å². The predicted octanol–water partition coefficient (Wildman–Crippen LogP) is 3.28. The molecule has 0 bridgehead atoms. The number of nitrogens with one attached hydrogen (secondary N) is 1. The Hall–Kier alpha value is -3.80. The van der Waals surface area contributed by atoms with Crippen molar-refractivity contribution in [2.45, 2.75) is 6.42 Å². The zero-order valence-electron chi connectivity index (χ0n) is 14.3. The highest BCUT2D eigenvalue weighted by atomic mass is 16.4. The van der Waals surface area contributed by atoms with Crippen molar-refractivity contribution in [1.29, 1.82) is 0 Å². The number of rotatable bonds is 6. The van der Waals surface area contributed by atoms with Crippen molar-refractivity contribution in [3.05, 3.63) is 83.9 Å². The minimum Gasteiger partial charge on any atom is -0.477 e. The van der Waals surface area contributed by atoms with Gasteiger partial charge in [0.2, 0.25) is 0 Å². The number of amides is 1. The zero-order chi connectivity index (χ0) is 19.2. The van der Waals surface area contributed by atoms with Crippen molar-refractivity contribution < 1.29 is 19.5 Å². The zero-order valence-corrected chi connectivity index (χ0v) is 14.3. The number of carboxylic acids is 1. The molecular weight excluding hydrogens is 344 g/mol. The van der Waals surface area contributed by atoms with E-state index >= 15 is 0 Å². The van der Waals surface area contributed by atoms with Gasteiger partial charge in [-0.25, -0.2) is 10.2 Å². The van der Waals surface area contributed by atoms with Crippen molar-refractivity contribution in [2.24, 2.45) is 5.10 Å². The number of carboxylic acid groups (broad SMARTS) is 1. The SMILES string of the molecule is O=C(O)C(CC(=O)c1cccc2ccccc12)=NNC(=O)c1ccccc1. The van der Waals surface area contributed by atoms with E-state index in [-0.39, 0.29) is 5.78 Å². The minimum absolute atomic E-state index is 0.339. The average molecular weight is 360 g/mol. The molecule has 27 heavy (non-hydrogen) atoms. The minimum atomic E-state index is -1.36. The number of hydrazone groups is 1. The summed E-state index contributed by atoms with van der Waals surface area (Å²) in [6.45, 7) is 0. The summed E-state index contributed by atoms with van der Waals surface area (Å²) in [4.78, 5) is 36.1. The largest absolute Gasteiger partial charge is 0.477 e. The van der Waals surface area contributed by atoms with Gasteiger partial charge in [0.1, 0.15) is 0 Å². The molecule has 6 nitrogen and oxygen atoms in total. The molecule has 0 radical (unpaired) electrons. The van der Waals surface area contributed by atoms with E-state index in [0.29, 0.717) is 11.1 Å². The van der Waals surface area contributed by atoms with Crippen LogP contribution in [0, 0.1) is 0 Å². The number of ketones is 1. The van der Waals surface area contributed by atoms with Gasteiger partial charge in [0.15, 0.2) is 11.5 Å². The summed E-state index contributed by atoms with van der Waals surface area (Å²) in [5.74, 6) is -2.30. The van der Waals surface area contributed by atoms with Crippen molar-refractivity contribution >= 4 is 34.1 Å². The van der Waals surface area contributed by atoms with Crippen LogP contribution in [0.2, 0.25) is 0 Å². The third-order valence-electron chi connectivity index (χ3n) is 3.99. The summed E-state index contributed by atoms with van der Waals surface area (Å²) in [6.07, 6.45) is -0.432. The third kappa shape index (κ3) is 4.24. The Labute approximate surface area is 155 Å². The molecule has 0 saturated heterocycles. The number of Topliss-reactive ketones (excluding diaryl/α,β-unsaturated/α-hetero) is 1. The molecule has 2 N–H and O–H groups in total. The molecule has 3 rings (SSSR count). The van der Waals surface area contributed by atoms with Crippen LogP contribution < -0.4 is 5.43 Å². The maximum atomic E-state index is 12.6. The number of fused-ring (bicyclic) bond motifs is 1. The Morgan fingerprint density at radius 3 is 2.26 bits per heavy atom. The first-order valence-corrected chi connectivity index (χ1v) is 8.22. The number of hydrogen-bond acceptors (Lipinski definition) is 4. The first kappa shape index (κ1) is 18.0. The molecule has 0 atom stereocenters.